The molecule has 2 aromatic rings. The lowest BCUT2D eigenvalue weighted by atomic mass is 10.0. The van der Waals surface area contributed by atoms with Crippen LogP contribution in [0.25, 0.3) is 11.1 Å². The van der Waals surface area contributed by atoms with Crippen LogP contribution in [0.1, 0.15) is 18.2 Å². The minimum atomic E-state index is 0.518. The molecule has 0 radical (unpaired) electrons. The number of nitrogens with zero attached hydrogens (tertiary/aromatic N) is 1. The van der Waals surface area contributed by atoms with E-state index < -0.39 is 0 Å². The predicted molar refractivity (Wildman–Crippen MR) is 71.2 cm³/mol. The summed E-state index contributed by atoms with van der Waals surface area (Å²) in [6.07, 6.45) is 0.861. The molecule has 0 aliphatic carbocycles. The maximum absolute atomic E-state index is 9.02. The number of pyridine rings is 1. The number of rotatable bonds is 2. The molecule has 1 heterocycles. The fraction of sp³-hybridized carbons (Fsp3) is 0.143. The molecule has 0 amide bonds. The molecule has 0 aliphatic rings. The van der Waals surface area contributed by atoms with Crippen molar-refractivity contribution in [2.75, 3.05) is 0 Å². The standard InChI is InChI=1S/C14H12N2S/c1-2-13-12(10-6-4-3-5-7-10)8-11(9-15)14(17)16-13/h3-8H,2H2,1H3,(H,16,17). The molecule has 3 heteroatoms. The quantitative estimate of drug-likeness (QED) is 0.810. The Morgan fingerprint density at radius 3 is 2.59 bits per heavy atom. The highest BCUT2D eigenvalue weighted by atomic mass is 32.1. The van der Waals surface area contributed by atoms with Crippen LogP contribution in [0, 0.1) is 16.0 Å². The van der Waals surface area contributed by atoms with E-state index in [1.165, 1.54) is 0 Å². The molecule has 0 saturated heterocycles. The summed E-state index contributed by atoms with van der Waals surface area (Å²) in [5.74, 6) is 0. The van der Waals surface area contributed by atoms with Crippen LogP contribution in [0.3, 0.4) is 0 Å². The number of aromatic amines is 1. The second-order valence-electron chi connectivity index (χ2n) is 3.74. The largest absolute Gasteiger partial charge is 0.348 e. The highest BCUT2D eigenvalue weighted by molar-refractivity contribution is 7.71. The molecule has 0 fully saturated rings. The summed E-state index contributed by atoms with van der Waals surface area (Å²) in [4.78, 5) is 3.14. The number of H-pyrrole nitrogens is 1. The maximum atomic E-state index is 9.02. The fourth-order valence-corrected chi connectivity index (χ4v) is 2.03. The summed E-state index contributed by atoms with van der Waals surface area (Å²) in [5.41, 5.74) is 3.75. The molecule has 2 nitrogen and oxygen atoms in total. The van der Waals surface area contributed by atoms with Gasteiger partial charge in [-0.2, -0.15) is 5.26 Å². The van der Waals surface area contributed by atoms with E-state index in [0.717, 1.165) is 23.2 Å². The van der Waals surface area contributed by atoms with Gasteiger partial charge in [0, 0.05) is 11.3 Å². The first-order valence-corrected chi connectivity index (χ1v) is 5.88. The normalized spacial score (nSPS) is 9.88. The Morgan fingerprint density at radius 2 is 2.00 bits per heavy atom. The first kappa shape index (κ1) is 11.6. The Morgan fingerprint density at radius 1 is 1.29 bits per heavy atom. The molecule has 0 spiro atoms. The molecule has 0 bridgehead atoms. The van der Waals surface area contributed by atoms with E-state index in [2.05, 4.69) is 18.0 Å². The third kappa shape index (κ3) is 2.27. The molecule has 1 aromatic carbocycles. The summed E-state index contributed by atoms with van der Waals surface area (Å²) in [6, 6.07) is 14.0. The van der Waals surface area contributed by atoms with Crippen molar-refractivity contribution in [1.29, 1.82) is 5.26 Å². The Hall–Kier alpha value is -1.92. The molecular formula is C14H12N2S. The molecule has 17 heavy (non-hydrogen) atoms. The zero-order valence-corrected chi connectivity index (χ0v) is 10.3. The van der Waals surface area contributed by atoms with Gasteiger partial charge in [0.1, 0.15) is 10.7 Å². The smallest absolute Gasteiger partial charge is 0.121 e. The van der Waals surface area contributed by atoms with Crippen LogP contribution in [0.15, 0.2) is 36.4 Å². The van der Waals surface area contributed by atoms with Crippen molar-refractivity contribution < 1.29 is 0 Å². The van der Waals surface area contributed by atoms with Crippen LogP contribution in [0.5, 0.6) is 0 Å². The van der Waals surface area contributed by atoms with Crippen LogP contribution in [-0.2, 0) is 6.42 Å². The van der Waals surface area contributed by atoms with Crippen LogP contribution in [0.4, 0.5) is 0 Å². The molecule has 2 rings (SSSR count). The van der Waals surface area contributed by atoms with Gasteiger partial charge in [0.15, 0.2) is 0 Å². The zero-order chi connectivity index (χ0) is 12.3. The van der Waals surface area contributed by atoms with E-state index >= 15 is 0 Å². The summed E-state index contributed by atoms with van der Waals surface area (Å²) < 4.78 is 0.518. The zero-order valence-electron chi connectivity index (χ0n) is 9.53. The van der Waals surface area contributed by atoms with Gasteiger partial charge in [-0.1, -0.05) is 49.5 Å². The van der Waals surface area contributed by atoms with Crippen LogP contribution < -0.4 is 0 Å². The number of nitriles is 1. The predicted octanol–water partition coefficient (Wildman–Crippen LogP) is 3.85. The van der Waals surface area contributed by atoms with Crippen LogP contribution >= 0.6 is 12.2 Å². The third-order valence-electron chi connectivity index (χ3n) is 2.68. The first-order valence-electron chi connectivity index (χ1n) is 5.48. The Labute approximate surface area is 106 Å². The third-order valence-corrected chi connectivity index (χ3v) is 3.00. The van der Waals surface area contributed by atoms with E-state index in [9.17, 15) is 0 Å². The Kier molecular flexibility index (Phi) is 3.36. The van der Waals surface area contributed by atoms with Gasteiger partial charge in [-0.05, 0) is 18.1 Å². The number of hydrogen-bond donors (Lipinski definition) is 1. The Balaban J connectivity index is 2.69. The number of aromatic nitrogens is 1. The number of hydrogen-bond acceptors (Lipinski definition) is 2. The van der Waals surface area contributed by atoms with Gasteiger partial charge in [0.25, 0.3) is 0 Å². The number of benzene rings is 1. The molecule has 0 unspecified atom stereocenters. The van der Waals surface area contributed by atoms with E-state index in [0.29, 0.717) is 10.2 Å². The number of nitrogens with one attached hydrogen (secondary N) is 1. The average molecular weight is 240 g/mol. The van der Waals surface area contributed by atoms with Gasteiger partial charge in [-0.3, -0.25) is 0 Å². The van der Waals surface area contributed by atoms with Crippen molar-refractivity contribution in [3.63, 3.8) is 0 Å². The average Bonchev–Trinajstić information content (AvgIpc) is 2.39. The second-order valence-corrected chi connectivity index (χ2v) is 4.14. The van der Waals surface area contributed by atoms with Gasteiger partial charge in [0.05, 0.1) is 5.56 Å². The van der Waals surface area contributed by atoms with Crippen LogP contribution in [0.2, 0.25) is 0 Å². The van der Waals surface area contributed by atoms with Crippen molar-refractivity contribution in [1.82, 2.24) is 4.98 Å². The topological polar surface area (TPSA) is 39.6 Å². The summed E-state index contributed by atoms with van der Waals surface area (Å²) in [6.45, 7) is 2.07. The van der Waals surface area contributed by atoms with E-state index in [1.54, 1.807) is 0 Å². The van der Waals surface area contributed by atoms with Crippen molar-refractivity contribution in [2.24, 2.45) is 0 Å². The minimum Gasteiger partial charge on any atom is -0.348 e. The fourth-order valence-electron chi connectivity index (χ4n) is 1.81. The van der Waals surface area contributed by atoms with Crippen molar-refractivity contribution in [3.05, 3.63) is 52.3 Å². The first-order chi connectivity index (χ1) is 8.26. The van der Waals surface area contributed by atoms with E-state index in [1.807, 2.05) is 36.4 Å². The molecule has 1 aromatic heterocycles. The van der Waals surface area contributed by atoms with Crippen LogP contribution in [-0.4, -0.2) is 4.98 Å². The Bertz CT molecular complexity index is 621. The minimum absolute atomic E-state index is 0.518. The molecule has 84 valence electrons. The lowest BCUT2D eigenvalue weighted by molar-refractivity contribution is 1.03. The summed E-state index contributed by atoms with van der Waals surface area (Å²) in [7, 11) is 0. The monoisotopic (exact) mass is 240 g/mol. The highest BCUT2D eigenvalue weighted by Gasteiger charge is 2.06. The molecule has 0 atom stereocenters. The highest BCUT2D eigenvalue weighted by Crippen LogP contribution is 2.24. The van der Waals surface area contributed by atoms with Crippen molar-refractivity contribution in [2.45, 2.75) is 13.3 Å². The van der Waals surface area contributed by atoms with Gasteiger partial charge in [-0.15, -0.1) is 0 Å². The summed E-state index contributed by atoms with van der Waals surface area (Å²) >= 11 is 5.14. The number of aryl methyl sites for hydroxylation is 1. The molecule has 1 N–H and O–H groups in total. The summed E-state index contributed by atoms with van der Waals surface area (Å²) in [5, 5.41) is 9.02. The SMILES string of the molecule is CCc1[nH]c(=S)c(C#N)cc1-c1ccccc1. The molecule has 0 aliphatic heterocycles. The second kappa shape index (κ2) is 4.94. The lowest BCUT2D eigenvalue weighted by Crippen LogP contribution is -1.95. The molecular weight excluding hydrogens is 228 g/mol. The van der Waals surface area contributed by atoms with Crippen molar-refractivity contribution >= 4 is 12.2 Å². The van der Waals surface area contributed by atoms with E-state index in [4.69, 9.17) is 17.5 Å². The van der Waals surface area contributed by atoms with Gasteiger partial charge < -0.3 is 4.98 Å². The maximum Gasteiger partial charge on any atom is 0.121 e. The lowest BCUT2D eigenvalue weighted by Gasteiger charge is -2.08. The van der Waals surface area contributed by atoms with Gasteiger partial charge in [0.2, 0.25) is 0 Å². The van der Waals surface area contributed by atoms with E-state index in [-0.39, 0.29) is 0 Å². The van der Waals surface area contributed by atoms with Gasteiger partial charge in [-0.25, -0.2) is 0 Å². The van der Waals surface area contributed by atoms with Crippen molar-refractivity contribution in [3.8, 4) is 17.2 Å². The molecule has 0 saturated carbocycles. The van der Waals surface area contributed by atoms with Gasteiger partial charge >= 0.3 is 0 Å².